The molecule has 168 valence electrons. The van der Waals surface area contributed by atoms with Gasteiger partial charge in [0.05, 0.1) is 14.2 Å². The smallest absolute Gasteiger partial charge is 0.339 e. The predicted octanol–water partition coefficient (Wildman–Crippen LogP) is 5.55. The SMILES string of the molecule is COc1cccc(CCNCc2cc(-c3ccc(OC)c(C(=O)O)c3)c3ccccc3c2)c1. The number of rotatable bonds is 9. The molecule has 4 aromatic carbocycles. The number of hydrogen-bond donors (Lipinski definition) is 2. The van der Waals surface area contributed by atoms with E-state index < -0.39 is 5.97 Å². The topological polar surface area (TPSA) is 67.8 Å². The molecule has 0 heterocycles. The van der Waals surface area contributed by atoms with Crippen LogP contribution in [0.2, 0.25) is 0 Å². The highest BCUT2D eigenvalue weighted by atomic mass is 16.5. The normalized spacial score (nSPS) is 10.8. The van der Waals surface area contributed by atoms with Crippen molar-refractivity contribution in [2.45, 2.75) is 13.0 Å². The summed E-state index contributed by atoms with van der Waals surface area (Å²) in [5.41, 5.74) is 4.37. The number of carboxylic acids is 1. The van der Waals surface area contributed by atoms with Crippen LogP contribution in [-0.2, 0) is 13.0 Å². The number of hydrogen-bond acceptors (Lipinski definition) is 4. The van der Waals surface area contributed by atoms with Gasteiger partial charge < -0.3 is 19.9 Å². The molecule has 0 unspecified atom stereocenters. The second kappa shape index (κ2) is 10.2. The number of benzene rings is 4. The summed E-state index contributed by atoms with van der Waals surface area (Å²) in [6.45, 7) is 1.55. The van der Waals surface area contributed by atoms with Crippen LogP contribution in [0.25, 0.3) is 21.9 Å². The summed E-state index contributed by atoms with van der Waals surface area (Å²) in [6.07, 6.45) is 0.901. The van der Waals surface area contributed by atoms with E-state index in [1.165, 1.54) is 12.7 Å². The number of aromatic carboxylic acids is 1. The first-order valence-electron chi connectivity index (χ1n) is 10.9. The van der Waals surface area contributed by atoms with Gasteiger partial charge in [0.2, 0.25) is 0 Å². The van der Waals surface area contributed by atoms with Crippen molar-refractivity contribution in [3.8, 4) is 22.6 Å². The molecule has 0 aliphatic heterocycles. The molecule has 0 saturated carbocycles. The molecule has 2 N–H and O–H groups in total. The van der Waals surface area contributed by atoms with E-state index in [9.17, 15) is 9.90 Å². The summed E-state index contributed by atoms with van der Waals surface area (Å²) in [4.78, 5) is 11.7. The molecule has 0 saturated heterocycles. The molecular weight excluding hydrogens is 414 g/mol. The Balaban J connectivity index is 1.58. The lowest BCUT2D eigenvalue weighted by Crippen LogP contribution is -2.16. The second-order valence-corrected chi connectivity index (χ2v) is 7.86. The van der Waals surface area contributed by atoms with E-state index in [0.717, 1.165) is 46.2 Å². The van der Waals surface area contributed by atoms with Crippen molar-refractivity contribution in [3.05, 3.63) is 95.6 Å². The third-order valence-electron chi connectivity index (χ3n) is 5.72. The average Bonchev–Trinajstić information content (AvgIpc) is 2.85. The maximum Gasteiger partial charge on any atom is 0.339 e. The standard InChI is InChI=1S/C28H27NO4/c1-32-23-8-5-6-19(15-23)12-13-29-18-20-14-21-7-3-4-9-24(21)25(16-20)22-10-11-27(33-2)26(17-22)28(30)31/h3-11,14-17,29H,12-13,18H2,1-2H3,(H,30,31). The van der Waals surface area contributed by atoms with Gasteiger partial charge in [-0.15, -0.1) is 0 Å². The molecule has 0 spiro atoms. The zero-order chi connectivity index (χ0) is 23.2. The van der Waals surface area contributed by atoms with Crippen LogP contribution in [0.1, 0.15) is 21.5 Å². The molecule has 0 fully saturated rings. The Bertz CT molecular complexity index is 1280. The number of ether oxygens (including phenoxy) is 2. The van der Waals surface area contributed by atoms with E-state index in [1.54, 1.807) is 19.2 Å². The summed E-state index contributed by atoms with van der Waals surface area (Å²) < 4.78 is 10.5. The van der Waals surface area contributed by atoms with Crippen molar-refractivity contribution >= 4 is 16.7 Å². The monoisotopic (exact) mass is 441 g/mol. The van der Waals surface area contributed by atoms with Gasteiger partial charge in [-0.1, -0.05) is 42.5 Å². The molecule has 5 nitrogen and oxygen atoms in total. The molecular formula is C28H27NO4. The maximum absolute atomic E-state index is 11.7. The summed E-state index contributed by atoms with van der Waals surface area (Å²) >= 11 is 0. The van der Waals surface area contributed by atoms with Gasteiger partial charge in [0.1, 0.15) is 17.1 Å². The van der Waals surface area contributed by atoms with Crippen LogP contribution < -0.4 is 14.8 Å². The third kappa shape index (κ3) is 5.16. The third-order valence-corrected chi connectivity index (χ3v) is 5.72. The number of carbonyl (C=O) groups is 1. The van der Waals surface area contributed by atoms with Gasteiger partial charge >= 0.3 is 5.97 Å². The largest absolute Gasteiger partial charge is 0.497 e. The fraction of sp³-hybridized carbons (Fsp3) is 0.179. The van der Waals surface area contributed by atoms with Crippen LogP contribution in [0.15, 0.2) is 78.9 Å². The van der Waals surface area contributed by atoms with Crippen LogP contribution >= 0.6 is 0 Å². The molecule has 4 rings (SSSR count). The zero-order valence-electron chi connectivity index (χ0n) is 18.8. The molecule has 0 bridgehead atoms. The van der Waals surface area contributed by atoms with E-state index in [2.05, 4.69) is 41.7 Å². The van der Waals surface area contributed by atoms with E-state index in [-0.39, 0.29) is 5.56 Å². The van der Waals surface area contributed by atoms with Gasteiger partial charge in [-0.25, -0.2) is 4.79 Å². The van der Waals surface area contributed by atoms with Gasteiger partial charge in [0.25, 0.3) is 0 Å². The van der Waals surface area contributed by atoms with E-state index in [1.807, 2.05) is 30.3 Å². The summed E-state index contributed by atoms with van der Waals surface area (Å²) in [6, 6.07) is 25.9. The highest BCUT2D eigenvalue weighted by Gasteiger charge is 2.14. The fourth-order valence-electron chi connectivity index (χ4n) is 4.05. The Morgan fingerprint density at radius 1 is 0.879 bits per heavy atom. The zero-order valence-corrected chi connectivity index (χ0v) is 18.8. The van der Waals surface area contributed by atoms with E-state index in [0.29, 0.717) is 12.3 Å². The summed E-state index contributed by atoms with van der Waals surface area (Å²) in [7, 11) is 3.16. The first-order valence-corrected chi connectivity index (χ1v) is 10.9. The van der Waals surface area contributed by atoms with Crippen LogP contribution in [0.4, 0.5) is 0 Å². The van der Waals surface area contributed by atoms with Crippen LogP contribution in [-0.4, -0.2) is 31.8 Å². The molecule has 5 heteroatoms. The molecule has 0 aliphatic carbocycles. The number of carboxylic acid groups (broad SMARTS) is 1. The molecule has 0 radical (unpaired) electrons. The first-order chi connectivity index (χ1) is 16.1. The number of nitrogens with one attached hydrogen (secondary N) is 1. The highest BCUT2D eigenvalue weighted by molar-refractivity contribution is 5.99. The fourth-order valence-corrected chi connectivity index (χ4v) is 4.05. The lowest BCUT2D eigenvalue weighted by Gasteiger charge is -2.13. The van der Waals surface area contributed by atoms with Gasteiger partial charge in [0.15, 0.2) is 0 Å². The van der Waals surface area contributed by atoms with Gasteiger partial charge in [-0.3, -0.25) is 0 Å². The minimum absolute atomic E-state index is 0.154. The average molecular weight is 442 g/mol. The molecule has 4 aromatic rings. The van der Waals surface area contributed by atoms with Crippen molar-refractivity contribution in [3.63, 3.8) is 0 Å². The predicted molar refractivity (Wildman–Crippen MR) is 131 cm³/mol. The van der Waals surface area contributed by atoms with Gasteiger partial charge in [-0.05, 0) is 82.4 Å². The minimum Gasteiger partial charge on any atom is -0.497 e. The number of methoxy groups -OCH3 is 2. The van der Waals surface area contributed by atoms with Crippen molar-refractivity contribution in [1.29, 1.82) is 0 Å². The highest BCUT2D eigenvalue weighted by Crippen LogP contribution is 2.33. The Morgan fingerprint density at radius 3 is 2.52 bits per heavy atom. The number of fused-ring (bicyclic) bond motifs is 1. The lowest BCUT2D eigenvalue weighted by molar-refractivity contribution is 0.0693. The van der Waals surface area contributed by atoms with E-state index in [4.69, 9.17) is 9.47 Å². The minimum atomic E-state index is -1.01. The van der Waals surface area contributed by atoms with Crippen molar-refractivity contribution in [1.82, 2.24) is 5.32 Å². The molecule has 0 amide bonds. The van der Waals surface area contributed by atoms with Crippen molar-refractivity contribution in [2.75, 3.05) is 20.8 Å². The first kappa shape index (κ1) is 22.4. The molecule has 33 heavy (non-hydrogen) atoms. The molecule has 0 aliphatic rings. The second-order valence-electron chi connectivity index (χ2n) is 7.86. The quantitative estimate of drug-likeness (QED) is 0.333. The Kier molecular flexibility index (Phi) is 6.91. The molecule has 0 aromatic heterocycles. The molecule has 0 atom stereocenters. The van der Waals surface area contributed by atoms with Gasteiger partial charge in [-0.2, -0.15) is 0 Å². The van der Waals surface area contributed by atoms with Crippen LogP contribution in [0, 0.1) is 0 Å². The van der Waals surface area contributed by atoms with Gasteiger partial charge in [0, 0.05) is 6.54 Å². The summed E-state index contributed by atoms with van der Waals surface area (Å²) in [5.74, 6) is 0.214. The van der Waals surface area contributed by atoms with E-state index >= 15 is 0 Å². The summed E-state index contributed by atoms with van der Waals surface area (Å²) in [5, 5.41) is 15.3. The maximum atomic E-state index is 11.7. The van der Waals surface area contributed by atoms with Crippen molar-refractivity contribution < 1.29 is 19.4 Å². The van der Waals surface area contributed by atoms with Crippen molar-refractivity contribution in [2.24, 2.45) is 0 Å². The lowest BCUT2D eigenvalue weighted by atomic mass is 9.94. The van der Waals surface area contributed by atoms with Crippen LogP contribution in [0.5, 0.6) is 11.5 Å². The Hall–Kier alpha value is -3.83. The Morgan fingerprint density at radius 2 is 1.73 bits per heavy atom. The Labute approximate surface area is 193 Å². The van der Waals surface area contributed by atoms with Crippen LogP contribution in [0.3, 0.4) is 0 Å².